The number of benzene rings is 1. The Bertz CT molecular complexity index is 895. The van der Waals surface area contributed by atoms with Gasteiger partial charge in [-0.1, -0.05) is 68.2 Å². The molecule has 1 aliphatic rings. The van der Waals surface area contributed by atoms with Crippen LogP contribution in [-0.2, 0) is 16.1 Å². The number of hydrogen-bond donors (Lipinski definition) is 1. The summed E-state index contributed by atoms with van der Waals surface area (Å²) in [7, 11) is 0. The van der Waals surface area contributed by atoms with Crippen LogP contribution in [0.1, 0.15) is 25.8 Å². The molecule has 1 unspecified atom stereocenters. The maximum absolute atomic E-state index is 13.0. The number of aryl methyl sites for hydroxylation is 1. The molecule has 0 spiro atoms. The van der Waals surface area contributed by atoms with Crippen LogP contribution in [0, 0.1) is 5.92 Å². The highest BCUT2D eigenvalue weighted by atomic mass is 32.2. The Morgan fingerprint density at radius 1 is 1.31 bits per heavy atom. The first-order valence-corrected chi connectivity index (χ1v) is 10.8. The Morgan fingerprint density at radius 2 is 2.07 bits per heavy atom. The lowest BCUT2D eigenvalue weighted by Crippen LogP contribution is -2.51. The number of amides is 2. The van der Waals surface area contributed by atoms with Crippen molar-refractivity contribution < 1.29 is 9.59 Å². The Labute approximate surface area is 180 Å². The Kier molecular flexibility index (Phi) is 7.22. The summed E-state index contributed by atoms with van der Waals surface area (Å²) in [6.07, 6.45) is 7.96. The summed E-state index contributed by atoms with van der Waals surface area (Å²) >= 11 is 6.70. The minimum atomic E-state index is -0.627. The number of nitrogens with one attached hydrogen (secondary N) is 1. The molecular formula is C21H24N4O2S2. The van der Waals surface area contributed by atoms with E-state index in [2.05, 4.69) is 10.3 Å². The molecule has 6 nitrogen and oxygen atoms in total. The second kappa shape index (κ2) is 9.84. The zero-order valence-corrected chi connectivity index (χ0v) is 18.1. The smallest absolute Gasteiger partial charge is 0.266 e. The first kappa shape index (κ1) is 21.3. The van der Waals surface area contributed by atoms with Crippen molar-refractivity contribution in [3.63, 3.8) is 0 Å². The molecule has 1 N–H and O–H groups in total. The Morgan fingerprint density at radius 3 is 2.72 bits per heavy atom. The first-order chi connectivity index (χ1) is 14.0. The van der Waals surface area contributed by atoms with Crippen molar-refractivity contribution in [2.75, 3.05) is 6.54 Å². The lowest BCUT2D eigenvalue weighted by atomic mass is 10.0. The average Bonchev–Trinajstić information content (AvgIpc) is 3.30. The summed E-state index contributed by atoms with van der Waals surface area (Å²) in [6.45, 7) is 5.15. The third-order valence-electron chi connectivity index (χ3n) is 4.55. The number of thioether (sulfide) groups is 1. The molecule has 1 fully saturated rings. The van der Waals surface area contributed by atoms with E-state index in [9.17, 15) is 9.59 Å². The van der Waals surface area contributed by atoms with Crippen molar-refractivity contribution in [1.29, 1.82) is 0 Å². The van der Waals surface area contributed by atoms with Crippen LogP contribution in [0.2, 0.25) is 0 Å². The molecule has 2 aromatic rings. The van der Waals surface area contributed by atoms with E-state index >= 15 is 0 Å². The quantitative estimate of drug-likeness (QED) is 0.397. The van der Waals surface area contributed by atoms with Gasteiger partial charge in [-0.3, -0.25) is 14.5 Å². The Balaban J connectivity index is 1.66. The molecule has 0 aliphatic carbocycles. The lowest BCUT2D eigenvalue weighted by molar-refractivity contribution is -0.134. The van der Waals surface area contributed by atoms with Crippen molar-refractivity contribution >= 4 is 46.2 Å². The number of imidazole rings is 1. The normalized spacial score (nSPS) is 16.7. The zero-order chi connectivity index (χ0) is 20.8. The van der Waals surface area contributed by atoms with Gasteiger partial charge in [0, 0.05) is 25.5 Å². The van der Waals surface area contributed by atoms with E-state index in [0.29, 0.717) is 15.8 Å². The van der Waals surface area contributed by atoms with E-state index in [1.54, 1.807) is 12.5 Å². The monoisotopic (exact) mass is 428 g/mol. The first-order valence-electron chi connectivity index (χ1n) is 9.53. The molecule has 1 aromatic carbocycles. The topological polar surface area (TPSA) is 67.2 Å². The molecule has 3 rings (SSSR count). The summed E-state index contributed by atoms with van der Waals surface area (Å²) in [5.74, 6) is -0.457. The zero-order valence-electron chi connectivity index (χ0n) is 16.4. The maximum atomic E-state index is 13.0. The van der Waals surface area contributed by atoms with Gasteiger partial charge in [-0.05, 0) is 24.0 Å². The number of aromatic nitrogens is 2. The predicted octanol–water partition coefficient (Wildman–Crippen LogP) is 3.32. The van der Waals surface area contributed by atoms with Gasteiger partial charge in [0.1, 0.15) is 10.4 Å². The van der Waals surface area contributed by atoms with Crippen LogP contribution < -0.4 is 5.32 Å². The lowest BCUT2D eigenvalue weighted by Gasteiger charge is -2.29. The number of carbonyl (C=O) groups excluding carboxylic acids is 2. The molecule has 0 bridgehead atoms. The van der Waals surface area contributed by atoms with Gasteiger partial charge < -0.3 is 9.88 Å². The maximum Gasteiger partial charge on any atom is 0.266 e. The van der Waals surface area contributed by atoms with Crippen LogP contribution in [-0.4, -0.2) is 43.2 Å². The molecule has 2 amide bonds. The molecule has 0 saturated carbocycles. The van der Waals surface area contributed by atoms with Gasteiger partial charge >= 0.3 is 0 Å². The molecular weight excluding hydrogens is 404 g/mol. The number of thiocarbonyl (C=S) groups is 1. The standard InChI is InChI=1S/C21H24N4O2S2/c1-15(2)18(19(26)23-9-6-11-24-12-10-22-14-24)25-20(27)17(29-21(25)28)13-16-7-4-3-5-8-16/h3-5,7-8,10,12-15,18H,6,9,11H2,1-2H3,(H,23,26). The Hall–Kier alpha value is -2.45. The highest BCUT2D eigenvalue weighted by Gasteiger charge is 2.41. The minimum absolute atomic E-state index is 0.0674. The molecule has 1 aromatic heterocycles. The summed E-state index contributed by atoms with van der Waals surface area (Å²) in [5, 5.41) is 2.95. The molecule has 29 heavy (non-hydrogen) atoms. The predicted molar refractivity (Wildman–Crippen MR) is 120 cm³/mol. The van der Waals surface area contributed by atoms with Crippen LogP contribution in [0.3, 0.4) is 0 Å². The van der Waals surface area contributed by atoms with Crippen LogP contribution in [0.25, 0.3) is 6.08 Å². The SMILES string of the molecule is CC(C)C(C(=O)NCCCn1ccnc1)N1C(=O)C(=Cc2ccccc2)SC1=S. The summed E-state index contributed by atoms with van der Waals surface area (Å²) in [6, 6.07) is 8.99. The van der Waals surface area contributed by atoms with Gasteiger partial charge in [0.05, 0.1) is 11.2 Å². The molecule has 1 saturated heterocycles. The third-order valence-corrected chi connectivity index (χ3v) is 5.88. The fraction of sp³-hybridized carbons (Fsp3) is 0.333. The molecule has 2 heterocycles. The largest absolute Gasteiger partial charge is 0.354 e. The van der Waals surface area contributed by atoms with E-state index < -0.39 is 6.04 Å². The van der Waals surface area contributed by atoms with Crippen LogP contribution in [0.4, 0.5) is 0 Å². The fourth-order valence-electron chi connectivity index (χ4n) is 3.14. The van der Waals surface area contributed by atoms with Crippen molar-refractivity contribution in [1.82, 2.24) is 19.8 Å². The highest BCUT2D eigenvalue weighted by molar-refractivity contribution is 8.26. The van der Waals surface area contributed by atoms with E-state index in [0.717, 1.165) is 18.5 Å². The molecule has 1 aliphatic heterocycles. The second-order valence-electron chi connectivity index (χ2n) is 7.10. The van der Waals surface area contributed by atoms with Crippen molar-refractivity contribution in [3.05, 3.63) is 59.5 Å². The van der Waals surface area contributed by atoms with Gasteiger partial charge in [-0.2, -0.15) is 0 Å². The average molecular weight is 429 g/mol. The van der Waals surface area contributed by atoms with Crippen molar-refractivity contribution in [2.24, 2.45) is 5.92 Å². The van der Waals surface area contributed by atoms with Crippen LogP contribution in [0.15, 0.2) is 54.0 Å². The summed E-state index contributed by atoms with van der Waals surface area (Å²) in [5.41, 5.74) is 0.929. The number of nitrogens with zero attached hydrogens (tertiary/aromatic N) is 3. The van der Waals surface area contributed by atoms with Crippen LogP contribution in [0.5, 0.6) is 0 Å². The van der Waals surface area contributed by atoms with E-state index in [-0.39, 0.29) is 17.7 Å². The van der Waals surface area contributed by atoms with Gasteiger partial charge in [-0.25, -0.2) is 4.98 Å². The number of hydrogen-bond acceptors (Lipinski definition) is 5. The van der Waals surface area contributed by atoms with Gasteiger partial charge in [-0.15, -0.1) is 0 Å². The number of rotatable bonds is 8. The van der Waals surface area contributed by atoms with E-state index in [1.807, 2.05) is 61.0 Å². The second-order valence-corrected chi connectivity index (χ2v) is 8.77. The summed E-state index contributed by atoms with van der Waals surface area (Å²) < 4.78 is 2.38. The van der Waals surface area contributed by atoms with Gasteiger partial charge in [0.25, 0.3) is 5.91 Å². The van der Waals surface area contributed by atoms with E-state index in [4.69, 9.17) is 12.2 Å². The van der Waals surface area contributed by atoms with Gasteiger partial charge in [0.2, 0.25) is 5.91 Å². The van der Waals surface area contributed by atoms with Crippen molar-refractivity contribution in [2.45, 2.75) is 32.9 Å². The third kappa shape index (κ3) is 5.33. The van der Waals surface area contributed by atoms with E-state index in [1.165, 1.54) is 16.7 Å². The molecule has 0 radical (unpaired) electrons. The van der Waals surface area contributed by atoms with Crippen molar-refractivity contribution in [3.8, 4) is 0 Å². The highest BCUT2D eigenvalue weighted by Crippen LogP contribution is 2.35. The molecule has 152 valence electrons. The fourth-order valence-corrected chi connectivity index (χ4v) is 4.46. The summed E-state index contributed by atoms with van der Waals surface area (Å²) in [4.78, 5) is 31.9. The minimum Gasteiger partial charge on any atom is -0.354 e. The van der Waals surface area contributed by atoms with Gasteiger partial charge in [0.15, 0.2) is 0 Å². The van der Waals surface area contributed by atoms with Crippen LogP contribution >= 0.6 is 24.0 Å². The number of carbonyl (C=O) groups is 2. The molecule has 1 atom stereocenters. The molecule has 8 heteroatoms.